The van der Waals surface area contributed by atoms with E-state index >= 15 is 0 Å². The topological polar surface area (TPSA) is 34.1 Å². The van der Waals surface area contributed by atoms with E-state index in [1.807, 2.05) is 6.92 Å². The highest BCUT2D eigenvalue weighted by molar-refractivity contribution is 6.12. The molecular weight excluding hydrogens is 248 g/mol. The van der Waals surface area contributed by atoms with Gasteiger partial charge < -0.3 is 0 Å². The van der Waals surface area contributed by atoms with E-state index in [-0.39, 0.29) is 11.6 Å². The van der Waals surface area contributed by atoms with Crippen LogP contribution in [0.2, 0.25) is 0 Å². The molecule has 2 aliphatic rings. The molecule has 0 unspecified atom stereocenters. The maximum atomic E-state index is 12.0. The number of ketones is 2. The third-order valence-corrected chi connectivity index (χ3v) is 4.82. The van der Waals surface area contributed by atoms with Crippen LogP contribution in [-0.2, 0) is 16.0 Å². The van der Waals surface area contributed by atoms with Crippen LogP contribution in [0.25, 0.3) is 5.57 Å². The molecular formula is C18H20O2. The minimum atomic E-state index is -0.764. The van der Waals surface area contributed by atoms with E-state index in [0.29, 0.717) is 19.3 Å². The van der Waals surface area contributed by atoms with E-state index in [9.17, 15) is 9.59 Å². The molecule has 2 nitrogen and oxygen atoms in total. The van der Waals surface area contributed by atoms with Gasteiger partial charge in [0.2, 0.25) is 0 Å². The number of hydrogen-bond acceptors (Lipinski definition) is 2. The number of Topliss-reactive ketones (excluding diaryl/α,β-unsaturated/α-hetero) is 2. The zero-order valence-corrected chi connectivity index (χ0v) is 11.9. The van der Waals surface area contributed by atoms with Gasteiger partial charge in [-0.25, -0.2) is 0 Å². The van der Waals surface area contributed by atoms with Gasteiger partial charge in [-0.15, -0.1) is 0 Å². The van der Waals surface area contributed by atoms with Crippen LogP contribution < -0.4 is 0 Å². The van der Waals surface area contributed by atoms with Crippen molar-refractivity contribution in [2.45, 2.75) is 45.4 Å². The Bertz CT molecular complexity index is 579. The predicted molar refractivity (Wildman–Crippen MR) is 79.3 cm³/mol. The molecule has 0 bridgehead atoms. The van der Waals surface area contributed by atoms with Crippen LogP contribution in [0.1, 0.15) is 50.2 Å². The lowest BCUT2D eigenvalue weighted by Gasteiger charge is -2.22. The number of carbonyl (C=O) groups excluding carboxylic acids is 2. The largest absolute Gasteiger partial charge is 0.299 e. The van der Waals surface area contributed by atoms with Crippen LogP contribution in [0.15, 0.2) is 30.3 Å². The van der Waals surface area contributed by atoms with Gasteiger partial charge in [0.25, 0.3) is 0 Å². The fourth-order valence-electron chi connectivity index (χ4n) is 3.36. The van der Waals surface area contributed by atoms with Crippen molar-refractivity contribution in [1.82, 2.24) is 0 Å². The van der Waals surface area contributed by atoms with Gasteiger partial charge in [0.1, 0.15) is 11.6 Å². The van der Waals surface area contributed by atoms with Crippen LogP contribution >= 0.6 is 0 Å². The first-order valence-corrected chi connectivity index (χ1v) is 7.45. The van der Waals surface area contributed by atoms with Crippen molar-refractivity contribution < 1.29 is 9.59 Å². The van der Waals surface area contributed by atoms with Crippen molar-refractivity contribution in [1.29, 1.82) is 0 Å². The summed E-state index contributed by atoms with van der Waals surface area (Å²) in [7, 11) is 0. The summed E-state index contributed by atoms with van der Waals surface area (Å²) in [5.74, 6) is 0.229. The molecule has 1 saturated carbocycles. The highest BCUT2D eigenvalue weighted by Crippen LogP contribution is 2.37. The molecule has 104 valence electrons. The lowest BCUT2D eigenvalue weighted by Crippen LogP contribution is -2.28. The zero-order chi connectivity index (χ0) is 14.2. The fraction of sp³-hybridized carbons (Fsp3) is 0.444. The second-order valence-electron chi connectivity index (χ2n) is 6.12. The summed E-state index contributed by atoms with van der Waals surface area (Å²) in [5, 5.41) is 0. The Kier molecular flexibility index (Phi) is 3.33. The zero-order valence-electron chi connectivity index (χ0n) is 11.9. The van der Waals surface area contributed by atoms with Gasteiger partial charge in [-0.1, -0.05) is 30.3 Å². The van der Waals surface area contributed by atoms with Crippen LogP contribution in [0.4, 0.5) is 0 Å². The lowest BCUT2D eigenvalue weighted by molar-refractivity contribution is -0.133. The Labute approximate surface area is 119 Å². The van der Waals surface area contributed by atoms with Crippen molar-refractivity contribution >= 4 is 17.1 Å². The SMILES string of the molecule is CC1(CC=C2CCCc3ccccc32)C(=O)CCC1=O. The van der Waals surface area contributed by atoms with E-state index in [1.165, 1.54) is 16.7 Å². The molecule has 2 heteroatoms. The summed E-state index contributed by atoms with van der Waals surface area (Å²) in [4.78, 5) is 23.9. The standard InChI is InChI=1S/C18H20O2/c1-18(16(19)9-10-17(18)20)12-11-14-7-4-6-13-5-2-3-8-15(13)14/h2-3,5,8,11H,4,6-7,9-10,12H2,1H3. The van der Waals surface area contributed by atoms with E-state index in [1.54, 1.807) is 0 Å². The maximum absolute atomic E-state index is 12.0. The first kappa shape index (κ1) is 13.3. The molecule has 0 radical (unpaired) electrons. The predicted octanol–water partition coefficient (Wildman–Crippen LogP) is 3.73. The molecule has 0 aliphatic heterocycles. The average Bonchev–Trinajstić information content (AvgIpc) is 2.73. The quantitative estimate of drug-likeness (QED) is 0.766. The first-order valence-electron chi connectivity index (χ1n) is 7.45. The molecule has 0 atom stereocenters. The molecule has 1 fully saturated rings. The third-order valence-electron chi connectivity index (χ3n) is 4.82. The molecule has 0 N–H and O–H groups in total. The van der Waals surface area contributed by atoms with E-state index < -0.39 is 5.41 Å². The molecule has 0 spiro atoms. The minimum absolute atomic E-state index is 0.114. The van der Waals surface area contributed by atoms with Gasteiger partial charge in [0.15, 0.2) is 0 Å². The average molecular weight is 268 g/mol. The Morgan fingerprint density at radius 2 is 1.75 bits per heavy atom. The minimum Gasteiger partial charge on any atom is -0.299 e. The molecule has 2 aliphatic carbocycles. The van der Waals surface area contributed by atoms with E-state index in [2.05, 4.69) is 30.3 Å². The van der Waals surface area contributed by atoms with Gasteiger partial charge in [-0.2, -0.15) is 0 Å². The highest BCUT2D eigenvalue weighted by Gasteiger charge is 2.44. The Balaban J connectivity index is 1.88. The molecule has 0 saturated heterocycles. The van der Waals surface area contributed by atoms with Crippen LogP contribution in [0.3, 0.4) is 0 Å². The number of aryl methyl sites for hydroxylation is 1. The summed E-state index contributed by atoms with van der Waals surface area (Å²) in [5.41, 5.74) is 3.24. The number of benzene rings is 1. The molecule has 0 amide bonds. The molecule has 0 heterocycles. The normalized spacial score (nSPS) is 23.1. The molecule has 20 heavy (non-hydrogen) atoms. The molecule has 1 aromatic carbocycles. The summed E-state index contributed by atoms with van der Waals surface area (Å²) >= 11 is 0. The second kappa shape index (κ2) is 5.01. The van der Waals surface area contributed by atoms with Crippen molar-refractivity contribution in [2.24, 2.45) is 5.41 Å². The molecule has 1 aromatic rings. The number of hydrogen-bond donors (Lipinski definition) is 0. The molecule has 3 rings (SSSR count). The number of rotatable bonds is 2. The monoisotopic (exact) mass is 268 g/mol. The Morgan fingerprint density at radius 1 is 1.05 bits per heavy atom. The van der Waals surface area contributed by atoms with Crippen molar-refractivity contribution in [3.05, 3.63) is 41.5 Å². The van der Waals surface area contributed by atoms with Gasteiger partial charge >= 0.3 is 0 Å². The van der Waals surface area contributed by atoms with Crippen molar-refractivity contribution in [3.63, 3.8) is 0 Å². The van der Waals surface area contributed by atoms with Crippen LogP contribution in [0.5, 0.6) is 0 Å². The highest BCUT2D eigenvalue weighted by atomic mass is 16.2. The van der Waals surface area contributed by atoms with Gasteiger partial charge in [0.05, 0.1) is 5.41 Å². The first-order chi connectivity index (χ1) is 9.61. The number of carbonyl (C=O) groups is 2. The van der Waals surface area contributed by atoms with Gasteiger partial charge in [-0.05, 0) is 49.3 Å². The van der Waals surface area contributed by atoms with Gasteiger partial charge in [0, 0.05) is 12.8 Å². The summed E-state index contributed by atoms with van der Waals surface area (Å²) < 4.78 is 0. The smallest absolute Gasteiger partial charge is 0.146 e. The third kappa shape index (κ3) is 2.13. The number of fused-ring (bicyclic) bond motifs is 1. The van der Waals surface area contributed by atoms with Crippen LogP contribution in [0, 0.1) is 5.41 Å². The summed E-state index contributed by atoms with van der Waals surface area (Å²) in [6.45, 7) is 1.82. The summed E-state index contributed by atoms with van der Waals surface area (Å²) in [6.07, 6.45) is 6.89. The Morgan fingerprint density at radius 3 is 2.50 bits per heavy atom. The molecule has 0 aromatic heterocycles. The van der Waals surface area contributed by atoms with Crippen LogP contribution in [-0.4, -0.2) is 11.6 Å². The van der Waals surface area contributed by atoms with Crippen molar-refractivity contribution in [2.75, 3.05) is 0 Å². The fourth-order valence-corrected chi connectivity index (χ4v) is 3.36. The number of allylic oxidation sites excluding steroid dienone is 2. The van der Waals surface area contributed by atoms with E-state index in [4.69, 9.17) is 0 Å². The van der Waals surface area contributed by atoms with E-state index in [0.717, 1.165) is 19.3 Å². The second-order valence-corrected chi connectivity index (χ2v) is 6.12. The Hall–Kier alpha value is -1.70. The summed E-state index contributed by atoms with van der Waals surface area (Å²) in [6, 6.07) is 8.47. The van der Waals surface area contributed by atoms with Gasteiger partial charge in [-0.3, -0.25) is 9.59 Å². The van der Waals surface area contributed by atoms with Crippen molar-refractivity contribution in [3.8, 4) is 0 Å². The maximum Gasteiger partial charge on any atom is 0.146 e. The lowest BCUT2D eigenvalue weighted by atomic mass is 9.80.